The summed E-state index contributed by atoms with van der Waals surface area (Å²) >= 11 is 0. The molecule has 1 N–H and O–H groups in total. The average molecular weight is 236 g/mol. The number of rotatable bonds is 4. The van der Waals surface area contributed by atoms with Gasteiger partial charge in [0.05, 0.1) is 18.3 Å². The molecule has 1 aromatic rings. The number of aliphatic hydroxyl groups is 1. The summed E-state index contributed by atoms with van der Waals surface area (Å²) < 4.78 is 5.68. The van der Waals surface area contributed by atoms with Gasteiger partial charge in [-0.3, -0.25) is 9.88 Å². The zero-order valence-corrected chi connectivity index (χ0v) is 10.4. The maximum atomic E-state index is 9.90. The van der Waals surface area contributed by atoms with Gasteiger partial charge in [-0.15, -0.1) is 0 Å². The third-order valence-electron chi connectivity index (χ3n) is 2.89. The Bertz CT molecular complexity index is 343. The van der Waals surface area contributed by atoms with Crippen molar-refractivity contribution in [2.75, 3.05) is 13.1 Å². The number of ether oxygens (including phenoxy) is 1. The molecular weight excluding hydrogens is 216 g/mol. The van der Waals surface area contributed by atoms with Crippen LogP contribution >= 0.6 is 0 Å². The Labute approximate surface area is 102 Å². The molecule has 94 valence electrons. The van der Waals surface area contributed by atoms with Gasteiger partial charge in [-0.05, 0) is 25.5 Å². The van der Waals surface area contributed by atoms with Crippen molar-refractivity contribution >= 4 is 0 Å². The molecule has 0 aliphatic carbocycles. The van der Waals surface area contributed by atoms with Gasteiger partial charge in [0.2, 0.25) is 0 Å². The van der Waals surface area contributed by atoms with Crippen LogP contribution in [0, 0.1) is 0 Å². The minimum atomic E-state index is -0.380. The van der Waals surface area contributed by atoms with E-state index in [1.165, 1.54) is 5.56 Å². The quantitative estimate of drug-likeness (QED) is 0.849. The van der Waals surface area contributed by atoms with Gasteiger partial charge in [-0.2, -0.15) is 0 Å². The highest BCUT2D eigenvalue weighted by Crippen LogP contribution is 2.17. The van der Waals surface area contributed by atoms with E-state index in [1.54, 1.807) is 6.20 Å². The summed E-state index contributed by atoms with van der Waals surface area (Å²) in [6, 6.07) is 3.99. The molecule has 0 amide bonds. The molecule has 0 saturated carbocycles. The number of pyridine rings is 1. The number of β-amino-alcohol motifs (C(OH)–C–C–N with tert-alkyl or cyclic N) is 1. The molecule has 0 bridgehead atoms. The van der Waals surface area contributed by atoms with E-state index in [-0.39, 0.29) is 18.3 Å². The lowest BCUT2D eigenvalue weighted by atomic mass is 10.2. The molecule has 1 aliphatic rings. The Morgan fingerprint density at radius 3 is 3.00 bits per heavy atom. The molecule has 1 aliphatic heterocycles. The summed E-state index contributed by atoms with van der Waals surface area (Å²) in [5.41, 5.74) is 1.17. The highest BCUT2D eigenvalue weighted by atomic mass is 16.5. The Balaban J connectivity index is 1.88. The van der Waals surface area contributed by atoms with Gasteiger partial charge in [0.25, 0.3) is 0 Å². The summed E-state index contributed by atoms with van der Waals surface area (Å²) in [5.74, 6) is 0. The first-order chi connectivity index (χ1) is 8.15. The third-order valence-corrected chi connectivity index (χ3v) is 2.89. The third kappa shape index (κ3) is 3.49. The van der Waals surface area contributed by atoms with Crippen LogP contribution < -0.4 is 0 Å². The van der Waals surface area contributed by atoms with Crippen LogP contribution in [0.2, 0.25) is 0 Å². The monoisotopic (exact) mass is 236 g/mol. The zero-order valence-electron chi connectivity index (χ0n) is 10.4. The van der Waals surface area contributed by atoms with Gasteiger partial charge in [0.1, 0.15) is 0 Å². The fourth-order valence-electron chi connectivity index (χ4n) is 2.20. The van der Waals surface area contributed by atoms with E-state index in [9.17, 15) is 5.11 Å². The van der Waals surface area contributed by atoms with Gasteiger partial charge in [-0.1, -0.05) is 6.07 Å². The number of hydrogen-bond donors (Lipinski definition) is 1. The highest BCUT2D eigenvalue weighted by Gasteiger charge is 2.32. The van der Waals surface area contributed by atoms with E-state index in [4.69, 9.17) is 4.74 Å². The second-order valence-corrected chi connectivity index (χ2v) is 4.85. The van der Waals surface area contributed by atoms with E-state index in [0.29, 0.717) is 6.54 Å². The van der Waals surface area contributed by atoms with Crippen molar-refractivity contribution in [2.45, 2.75) is 38.7 Å². The second kappa shape index (κ2) is 5.58. The number of aliphatic hydroxyl groups excluding tert-OH is 1. The summed E-state index contributed by atoms with van der Waals surface area (Å²) in [6.07, 6.45) is 3.35. The molecule has 17 heavy (non-hydrogen) atoms. The normalized spacial score (nSPS) is 25.6. The molecule has 0 aromatic carbocycles. The van der Waals surface area contributed by atoms with Gasteiger partial charge in [-0.25, -0.2) is 0 Å². The number of aromatic nitrogens is 1. The highest BCUT2D eigenvalue weighted by molar-refractivity contribution is 5.08. The molecule has 2 atom stereocenters. The molecule has 0 unspecified atom stereocenters. The summed E-state index contributed by atoms with van der Waals surface area (Å²) in [5, 5.41) is 9.90. The molecule has 4 heteroatoms. The summed E-state index contributed by atoms with van der Waals surface area (Å²) in [7, 11) is 0. The van der Waals surface area contributed by atoms with Crippen LogP contribution in [0.1, 0.15) is 19.4 Å². The van der Waals surface area contributed by atoms with Gasteiger partial charge >= 0.3 is 0 Å². The van der Waals surface area contributed by atoms with Crippen LogP contribution in [0.4, 0.5) is 0 Å². The molecule has 1 aromatic heterocycles. The first kappa shape index (κ1) is 12.5. The summed E-state index contributed by atoms with van der Waals surface area (Å²) in [4.78, 5) is 6.30. The van der Waals surface area contributed by atoms with Gasteiger partial charge in [0, 0.05) is 32.0 Å². The SMILES string of the molecule is CC(C)O[C@H]1CN(Cc2cccnc2)C[C@@H]1O. The molecule has 2 rings (SSSR count). The zero-order chi connectivity index (χ0) is 12.3. The van der Waals surface area contributed by atoms with Crippen molar-refractivity contribution in [1.29, 1.82) is 0 Å². The van der Waals surface area contributed by atoms with Crippen molar-refractivity contribution in [2.24, 2.45) is 0 Å². The van der Waals surface area contributed by atoms with E-state index >= 15 is 0 Å². The number of hydrogen-bond acceptors (Lipinski definition) is 4. The van der Waals surface area contributed by atoms with Crippen LogP contribution in [0.5, 0.6) is 0 Å². The fraction of sp³-hybridized carbons (Fsp3) is 0.615. The molecular formula is C13H20N2O2. The maximum Gasteiger partial charge on any atom is 0.0976 e. The predicted molar refractivity (Wildman–Crippen MR) is 65.5 cm³/mol. The Kier molecular flexibility index (Phi) is 4.10. The topological polar surface area (TPSA) is 45.6 Å². The van der Waals surface area contributed by atoms with Crippen molar-refractivity contribution in [3.63, 3.8) is 0 Å². The lowest BCUT2D eigenvalue weighted by Gasteiger charge is -2.18. The van der Waals surface area contributed by atoms with Gasteiger partial charge in [0.15, 0.2) is 0 Å². The first-order valence-electron chi connectivity index (χ1n) is 6.10. The van der Waals surface area contributed by atoms with E-state index < -0.39 is 0 Å². The fourth-order valence-corrected chi connectivity index (χ4v) is 2.20. The van der Waals surface area contributed by atoms with Crippen molar-refractivity contribution in [3.05, 3.63) is 30.1 Å². The number of nitrogens with zero attached hydrogens (tertiary/aromatic N) is 2. The van der Waals surface area contributed by atoms with E-state index in [0.717, 1.165) is 13.1 Å². The lowest BCUT2D eigenvalue weighted by molar-refractivity contribution is -0.0396. The minimum absolute atomic E-state index is 0.0633. The molecule has 2 heterocycles. The molecule has 1 saturated heterocycles. The van der Waals surface area contributed by atoms with Crippen LogP contribution in [-0.4, -0.2) is 46.4 Å². The van der Waals surface area contributed by atoms with Crippen LogP contribution in [0.15, 0.2) is 24.5 Å². The standard InChI is InChI=1S/C13H20N2O2/c1-10(2)17-13-9-15(8-12(13)16)7-11-4-3-5-14-6-11/h3-6,10,12-13,16H,7-9H2,1-2H3/t12-,13-/m0/s1. The minimum Gasteiger partial charge on any atom is -0.389 e. The van der Waals surface area contributed by atoms with Crippen molar-refractivity contribution < 1.29 is 9.84 Å². The molecule has 0 radical (unpaired) electrons. The van der Waals surface area contributed by atoms with Gasteiger partial charge < -0.3 is 9.84 Å². The molecule has 1 fully saturated rings. The predicted octanol–water partition coefficient (Wildman–Crippen LogP) is 1.05. The van der Waals surface area contributed by atoms with Crippen LogP contribution in [0.3, 0.4) is 0 Å². The average Bonchev–Trinajstić information content (AvgIpc) is 2.59. The van der Waals surface area contributed by atoms with Crippen LogP contribution in [0.25, 0.3) is 0 Å². The molecule has 4 nitrogen and oxygen atoms in total. The number of likely N-dealkylation sites (tertiary alicyclic amines) is 1. The van der Waals surface area contributed by atoms with Crippen molar-refractivity contribution in [3.8, 4) is 0 Å². The van der Waals surface area contributed by atoms with E-state index in [2.05, 4.69) is 16.0 Å². The smallest absolute Gasteiger partial charge is 0.0976 e. The van der Waals surface area contributed by atoms with Crippen LogP contribution in [-0.2, 0) is 11.3 Å². The lowest BCUT2D eigenvalue weighted by Crippen LogP contribution is -2.29. The Morgan fingerprint density at radius 1 is 1.53 bits per heavy atom. The Hall–Kier alpha value is -0.970. The largest absolute Gasteiger partial charge is 0.389 e. The van der Waals surface area contributed by atoms with Crippen molar-refractivity contribution in [1.82, 2.24) is 9.88 Å². The second-order valence-electron chi connectivity index (χ2n) is 4.85. The molecule has 0 spiro atoms. The summed E-state index contributed by atoms with van der Waals surface area (Å²) in [6.45, 7) is 6.27. The Morgan fingerprint density at radius 2 is 2.35 bits per heavy atom. The first-order valence-corrected chi connectivity index (χ1v) is 6.10. The maximum absolute atomic E-state index is 9.90. The van der Waals surface area contributed by atoms with E-state index in [1.807, 2.05) is 26.1 Å².